The normalized spacial score (nSPS) is 11.7. The summed E-state index contributed by atoms with van der Waals surface area (Å²) in [5, 5.41) is 0. The van der Waals surface area contributed by atoms with Crippen molar-refractivity contribution in [3.8, 4) is 0 Å². The molecule has 1 aromatic rings. The molecule has 2 N–H and O–H groups in total. The van der Waals surface area contributed by atoms with E-state index in [1.54, 1.807) is 12.1 Å². The molecule has 0 fully saturated rings. The minimum atomic E-state index is -0.384. The van der Waals surface area contributed by atoms with Gasteiger partial charge in [0.25, 0.3) is 0 Å². The number of anilines is 1. The Kier molecular flexibility index (Phi) is 3.69. The van der Waals surface area contributed by atoms with Crippen LogP contribution in [0.3, 0.4) is 0 Å². The van der Waals surface area contributed by atoms with Gasteiger partial charge in [-0.1, -0.05) is 13.0 Å². The molecule has 0 aliphatic carbocycles. The summed E-state index contributed by atoms with van der Waals surface area (Å²) in [6.45, 7) is 6.50. The molecule has 0 aromatic heterocycles. The van der Waals surface area contributed by atoms with Crippen LogP contribution in [-0.4, -0.2) is 5.60 Å². The Bertz CT molecular complexity index is 336. The largest absolute Gasteiger partial charge is 0.396 e. The Morgan fingerprint density at radius 3 is 2.60 bits per heavy atom. The van der Waals surface area contributed by atoms with E-state index in [4.69, 9.17) is 10.5 Å². The first-order chi connectivity index (χ1) is 6.94. The van der Waals surface area contributed by atoms with Crippen molar-refractivity contribution in [3.63, 3.8) is 0 Å². The van der Waals surface area contributed by atoms with Crippen molar-refractivity contribution < 1.29 is 9.13 Å². The minimum Gasteiger partial charge on any atom is -0.396 e. The van der Waals surface area contributed by atoms with Crippen LogP contribution >= 0.6 is 0 Å². The Morgan fingerprint density at radius 1 is 1.40 bits per heavy atom. The number of nitrogens with two attached hydrogens (primary N) is 1. The molecule has 0 spiro atoms. The van der Waals surface area contributed by atoms with Crippen LogP contribution in [0, 0.1) is 5.82 Å². The van der Waals surface area contributed by atoms with Gasteiger partial charge in [-0.25, -0.2) is 4.39 Å². The number of benzene rings is 1. The predicted octanol–water partition coefficient (Wildman–Crippen LogP) is 3.11. The molecule has 0 aliphatic rings. The van der Waals surface area contributed by atoms with E-state index < -0.39 is 0 Å². The number of nitrogen functional groups attached to an aromatic ring is 1. The van der Waals surface area contributed by atoms with E-state index in [1.165, 1.54) is 6.07 Å². The van der Waals surface area contributed by atoms with Gasteiger partial charge in [-0.3, -0.25) is 0 Å². The fourth-order valence-corrected chi connectivity index (χ4v) is 1.04. The quantitative estimate of drug-likeness (QED) is 0.777. The molecule has 15 heavy (non-hydrogen) atoms. The van der Waals surface area contributed by atoms with Crippen molar-refractivity contribution in [2.24, 2.45) is 0 Å². The Labute approximate surface area is 90.2 Å². The average Bonchev–Trinajstić information content (AvgIpc) is 2.20. The zero-order valence-electron chi connectivity index (χ0n) is 9.51. The zero-order valence-corrected chi connectivity index (χ0v) is 9.51. The average molecular weight is 211 g/mol. The van der Waals surface area contributed by atoms with Crippen LogP contribution in [0.2, 0.25) is 0 Å². The van der Waals surface area contributed by atoms with Crippen LogP contribution in [0.25, 0.3) is 0 Å². The molecule has 84 valence electrons. The maximum atomic E-state index is 13.1. The summed E-state index contributed by atoms with van der Waals surface area (Å²) in [4.78, 5) is 0. The van der Waals surface area contributed by atoms with E-state index in [2.05, 4.69) is 6.92 Å². The third kappa shape index (κ3) is 3.51. The molecule has 0 atom stereocenters. The molecule has 0 saturated carbocycles. The van der Waals surface area contributed by atoms with Gasteiger partial charge in [0.1, 0.15) is 5.82 Å². The molecule has 2 nitrogen and oxygen atoms in total. The maximum Gasteiger partial charge on any atom is 0.146 e. The van der Waals surface area contributed by atoms with Crippen LogP contribution in [-0.2, 0) is 11.3 Å². The third-order valence-corrected chi connectivity index (χ3v) is 2.55. The number of hydrogen-bond acceptors (Lipinski definition) is 2. The molecule has 0 unspecified atom stereocenters. The Balaban J connectivity index is 2.62. The van der Waals surface area contributed by atoms with E-state index >= 15 is 0 Å². The number of hydrogen-bond donors (Lipinski definition) is 1. The van der Waals surface area contributed by atoms with E-state index in [0.717, 1.165) is 12.0 Å². The molecule has 0 saturated heterocycles. The van der Waals surface area contributed by atoms with Crippen LogP contribution in [0.4, 0.5) is 10.1 Å². The molecular formula is C12H18FNO. The fourth-order valence-electron chi connectivity index (χ4n) is 1.04. The van der Waals surface area contributed by atoms with Crippen LogP contribution < -0.4 is 5.73 Å². The lowest BCUT2D eigenvalue weighted by Crippen LogP contribution is -2.22. The second-order valence-electron chi connectivity index (χ2n) is 4.26. The summed E-state index contributed by atoms with van der Waals surface area (Å²) in [6.07, 6.45) is 0.921. The molecule has 0 amide bonds. The van der Waals surface area contributed by atoms with Gasteiger partial charge in [0.05, 0.1) is 17.9 Å². The summed E-state index contributed by atoms with van der Waals surface area (Å²) in [6, 6.07) is 4.76. The van der Waals surface area contributed by atoms with Gasteiger partial charge in [-0.05, 0) is 38.0 Å². The van der Waals surface area contributed by atoms with Crippen molar-refractivity contribution in [2.45, 2.75) is 39.4 Å². The lowest BCUT2D eigenvalue weighted by molar-refractivity contribution is -0.0317. The van der Waals surface area contributed by atoms with Crippen molar-refractivity contribution in [1.29, 1.82) is 0 Å². The summed E-state index contributed by atoms with van der Waals surface area (Å²) in [5.74, 6) is -0.384. The van der Waals surface area contributed by atoms with E-state index in [-0.39, 0.29) is 17.1 Å². The van der Waals surface area contributed by atoms with E-state index in [9.17, 15) is 4.39 Å². The van der Waals surface area contributed by atoms with Gasteiger partial charge in [0, 0.05) is 0 Å². The van der Waals surface area contributed by atoms with Gasteiger partial charge in [-0.2, -0.15) is 0 Å². The van der Waals surface area contributed by atoms with E-state index in [1.807, 2.05) is 13.8 Å². The summed E-state index contributed by atoms with van der Waals surface area (Å²) in [7, 11) is 0. The first-order valence-corrected chi connectivity index (χ1v) is 5.12. The monoisotopic (exact) mass is 211 g/mol. The summed E-state index contributed by atoms with van der Waals surface area (Å²) in [5.41, 5.74) is 6.20. The molecule has 0 bridgehead atoms. The molecule has 3 heteroatoms. The summed E-state index contributed by atoms with van der Waals surface area (Å²) < 4.78 is 18.8. The second kappa shape index (κ2) is 4.62. The van der Waals surface area contributed by atoms with Gasteiger partial charge in [0.15, 0.2) is 0 Å². The number of halogens is 1. The fraction of sp³-hybridized carbons (Fsp3) is 0.500. The van der Waals surface area contributed by atoms with Crippen LogP contribution in [0.1, 0.15) is 32.8 Å². The third-order valence-electron chi connectivity index (χ3n) is 2.55. The number of rotatable bonds is 4. The highest BCUT2D eigenvalue weighted by atomic mass is 19.1. The second-order valence-corrected chi connectivity index (χ2v) is 4.26. The molecule has 0 aliphatic heterocycles. The van der Waals surface area contributed by atoms with E-state index in [0.29, 0.717) is 6.61 Å². The zero-order chi connectivity index (χ0) is 11.5. The lowest BCUT2D eigenvalue weighted by atomic mass is 10.1. The van der Waals surface area contributed by atoms with Gasteiger partial charge in [0.2, 0.25) is 0 Å². The van der Waals surface area contributed by atoms with Crippen molar-refractivity contribution in [1.82, 2.24) is 0 Å². The first-order valence-electron chi connectivity index (χ1n) is 5.12. The summed E-state index contributed by atoms with van der Waals surface area (Å²) >= 11 is 0. The number of ether oxygens (including phenoxy) is 1. The molecule has 0 heterocycles. The van der Waals surface area contributed by atoms with Crippen molar-refractivity contribution >= 4 is 5.69 Å². The molecule has 0 radical (unpaired) electrons. The lowest BCUT2D eigenvalue weighted by Gasteiger charge is -2.23. The highest BCUT2D eigenvalue weighted by Crippen LogP contribution is 2.18. The van der Waals surface area contributed by atoms with Gasteiger partial charge in [-0.15, -0.1) is 0 Å². The standard InChI is InChI=1S/C12H18FNO/c1-4-12(2,3)15-8-9-5-6-11(14)10(13)7-9/h5-7H,4,8,14H2,1-3H3. The Hall–Kier alpha value is -1.09. The highest BCUT2D eigenvalue weighted by molar-refractivity contribution is 5.41. The Morgan fingerprint density at radius 2 is 2.07 bits per heavy atom. The smallest absolute Gasteiger partial charge is 0.146 e. The minimum absolute atomic E-state index is 0.169. The molecular weight excluding hydrogens is 193 g/mol. The first kappa shape index (κ1) is 12.0. The maximum absolute atomic E-state index is 13.1. The van der Waals surface area contributed by atoms with Gasteiger partial charge >= 0.3 is 0 Å². The van der Waals surface area contributed by atoms with Crippen molar-refractivity contribution in [3.05, 3.63) is 29.6 Å². The topological polar surface area (TPSA) is 35.2 Å². The highest BCUT2D eigenvalue weighted by Gasteiger charge is 2.15. The van der Waals surface area contributed by atoms with Gasteiger partial charge < -0.3 is 10.5 Å². The molecule has 1 rings (SSSR count). The van der Waals surface area contributed by atoms with Crippen molar-refractivity contribution in [2.75, 3.05) is 5.73 Å². The van der Waals surface area contributed by atoms with Crippen LogP contribution in [0.5, 0.6) is 0 Å². The SMILES string of the molecule is CCC(C)(C)OCc1ccc(N)c(F)c1. The molecule has 1 aromatic carbocycles. The predicted molar refractivity (Wildman–Crippen MR) is 60.0 cm³/mol. The van der Waals surface area contributed by atoms with Crippen LogP contribution in [0.15, 0.2) is 18.2 Å².